The van der Waals surface area contributed by atoms with E-state index in [1.165, 1.54) is 116 Å². The monoisotopic (exact) mass is 891 g/mol. The van der Waals surface area contributed by atoms with Crippen LogP contribution in [-0.4, -0.2) is 37.9 Å². The zero-order valence-electron chi connectivity index (χ0n) is 42.3. The average Bonchev–Trinajstić information content (AvgIpc) is 3.30. The van der Waals surface area contributed by atoms with E-state index in [1.807, 2.05) is 0 Å². The molecule has 0 fully saturated rings. The van der Waals surface area contributed by atoms with Gasteiger partial charge < -0.3 is 14.2 Å². The molecule has 5 heteroatoms. The molecule has 0 aliphatic heterocycles. The van der Waals surface area contributed by atoms with Gasteiger partial charge in [-0.3, -0.25) is 9.59 Å². The van der Waals surface area contributed by atoms with Crippen LogP contribution in [0.5, 0.6) is 0 Å². The van der Waals surface area contributed by atoms with Crippen LogP contribution in [0, 0.1) is 0 Å². The molecule has 368 valence electrons. The maximum atomic E-state index is 12.8. The van der Waals surface area contributed by atoms with E-state index >= 15 is 0 Å². The summed E-state index contributed by atoms with van der Waals surface area (Å²) in [6, 6.07) is 0. The van der Waals surface area contributed by atoms with E-state index in [4.69, 9.17) is 14.2 Å². The van der Waals surface area contributed by atoms with Gasteiger partial charge in [-0.25, -0.2) is 0 Å². The number of unbranched alkanes of at least 4 members (excludes halogenated alkanes) is 24. The van der Waals surface area contributed by atoms with Crippen molar-refractivity contribution in [2.24, 2.45) is 0 Å². The van der Waals surface area contributed by atoms with E-state index in [1.54, 1.807) is 0 Å². The maximum absolute atomic E-state index is 12.8. The third-order valence-corrected chi connectivity index (χ3v) is 11.4. The minimum Gasteiger partial charge on any atom is -0.462 e. The predicted octanol–water partition coefficient (Wildman–Crippen LogP) is 18.5. The number of allylic oxidation sites excluding steroid dienone is 14. The number of carbonyl (C=O) groups excluding carboxylic acids is 2. The number of hydrogen-bond acceptors (Lipinski definition) is 5. The molecule has 0 heterocycles. The Morgan fingerprint density at radius 3 is 1.14 bits per heavy atom. The molecular formula is C59H102O5. The van der Waals surface area contributed by atoms with Gasteiger partial charge in [-0.15, -0.1) is 0 Å². The molecule has 0 bridgehead atoms. The van der Waals surface area contributed by atoms with Crippen molar-refractivity contribution in [3.8, 4) is 0 Å². The van der Waals surface area contributed by atoms with Crippen LogP contribution >= 0.6 is 0 Å². The second-order valence-electron chi connectivity index (χ2n) is 17.7. The van der Waals surface area contributed by atoms with Crippen molar-refractivity contribution in [2.75, 3.05) is 19.8 Å². The average molecular weight is 891 g/mol. The maximum Gasteiger partial charge on any atom is 0.306 e. The molecule has 0 aromatic heterocycles. The van der Waals surface area contributed by atoms with Gasteiger partial charge in [-0.2, -0.15) is 0 Å². The van der Waals surface area contributed by atoms with Crippen molar-refractivity contribution in [3.05, 3.63) is 85.1 Å². The molecule has 1 unspecified atom stereocenters. The zero-order valence-corrected chi connectivity index (χ0v) is 42.3. The van der Waals surface area contributed by atoms with E-state index in [2.05, 4.69) is 106 Å². The Bertz CT molecular complexity index is 1190. The fourth-order valence-electron chi connectivity index (χ4n) is 7.42. The van der Waals surface area contributed by atoms with Gasteiger partial charge in [0.2, 0.25) is 0 Å². The summed E-state index contributed by atoms with van der Waals surface area (Å²) in [5.41, 5.74) is 0. The van der Waals surface area contributed by atoms with E-state index in [9.17, 15) is 9.59 Å². The largest absolute Gasteiger partial charge is 0.462 e. The highest BCUT2D eigenvalue weighted by Gasteiger charge is 2.17. The lowest BCUT2D eigenvalue weighted by Crippen LogP contribution is -2.30. The Labute approximate surface area is 397 Å². The summed E-state index contributed by atoms with van der Waals surface area (Å²) in [6.07, 6.45) is 71.7. The summed E-state index contributed by atoms with van der Waals surface area (Å²) in [5.74, 6) is -0.427. The summed E-state index contributed by atoms with van der Waals surface area (Å²) in [6.45, 7) is 7.56. The topological polar surface area (TPSA) is 61.8 Å². The first kappa shape index (κ1) is 61.1. The molecule has 0 amide bonds. The van der Waals surface area contributed by atoms with Crippen LogP contribution in [0.1, 0.15) is 252 Å². The molecule has 0 aliphatic rings. The first-order valence-electron chi connectivity index (χ1n) is 27.1. The SMILES string of the molecule is CC/C=C\C/C=C\C/C=C\CCCCCCCCOCC(COC(=O)CCCCCCCCC/C=C\CCCCCCCC)OC(=O)CCCCCCC/C=C\C/C=C\C/C=C\CC. The smallest absolute Gasteiger partial charge is 0.306 e. The molecular weight excluding hydrogens is 789 g/mol. The molecule has 1 atom stereocenters. The highest BCUT2D eigenvalue weighted by atomic mass is 16.6. The third-order valence-electron chi connectivity index (χ3n) is 11.4. The quantitative estimate of drug-likeness (QED) is 0.0346. The van der Waals surface area contributed by atoms with Gasteiger partial charge in [0.05, 0.1) is 6.61 Å². The zero-order chi connectivity index (χ0) is 46.3. The van der Waals surface area contributed by atoms with Crippen LogP contribution in [0.15, 0.2) is 85.1 Å². The number of rotatable bonds is 49. The third kappa shape index (κ3) is 51.7. The van der Waals surface area contributed by atoms with Crippen molar-refractivity contribution in [3.63, 3.8) is 0 Å². The number of esters is 2. The predicted molar refractivity (Wildman–Crippen MR) is 279 cm³/mol. The van der Waals surface area contributed by atoms with Gasteiger partial charge in [0, 0.05) is 19.4 Å². The van der Waals surface area contributed by atoms with Gasteiger partial charge >= 0.3 is 11.9 Å². The number of ether oxygens (including phenoxy) is 3. The highest BCUT2D eigenvalue weighted by Crippen LogP contribution is 2.14. The van der Waals surface area contributed by atoms with Crippen LogP contribution in [-0.2, 0) is 23.8 Å². The lowest BCUT2D eigenvalue weighted by molar-refractivity contribution is -0.163. The van der Waals surface area contributed by atoms with Crippen LogP contribution in [0.3, 0.4) is 0 Å². The molecule has 0 saturated heterocycles. The second kappa shape index (κ2) is 54.4. The fourth-order valence-corrected chi connectivity index (χ4v) is 7.42. The van der Waals surface area contributed by atoms with Gasteiger partial charge in [-0.05, 0) is 109 Å². The van der Waals surface area contributed by atoms with Crippen molar-refractivity contribution in [2.45, 2.75) is 258 Å². The standard InChI is InChI=1S/C59H102O5/c1-4-7-10-13-16-19-22-25-28-30-32-34-37-40-43-46-49-52-58(60)63-56-57(55-62-54-51-48-45-42-39-36-33-29-26-23-20-17-14-11-8-5-2)64-59(61)53-50-47-44-41-38-35-31-27-24-21-18-15-12-9-6-3/h8-9,11-12,17-18,20-21,25-29,31,57H,4-7,10,13-16,19,22-24,30,32-56H2,1-3H3/b11-8-,12-9-,20-17-,21-18-,28-25-,29-26-,31-27-. The summed E-state index contributed by atoms with van der Waals surface area (Å²) in [5, 5.41) is 0. The number of hydrogen-bond donors (Lipinski definition) is 0. The summed E-state index contributed by atoms with van der Waals surface area (Å²) >= 11 is 0. The molecule has 0 spiro atoms. The molecule has 0 aromatic rings. The van der Waals surface area contributed by atoms with Crippen LogP contribution in [0.2, 0.25) is 0 Å². The Morgan fingerprint density at radius 1 is 0.359 bits per heavy atom. The van der Waals surface area contributed by atoms with E-state index in [0.29, 0.717) is 19.4 Å². The Morgan fingerprint density at radius 2 is 0.703 bits per heavy atom. The molecule has 0 N–H and O–H groups in total. The van der Waals surface area contributed by atoms with E-state index < -0.39 is 6.10 Å². The molecule has 0 saturated carbocycles. The first-order chi connectivity index (χ1) is 31.6. The summed E-state index contributed by atoms with van der Waals surface area (Å²) in [4.78, 5) is 25.5. The van der Waals surface area contributed by atoms with Gasteiger partial charge in [0.1, 0.15) is 6.61 Å². The van der Waals surface area contributed by atoms with Gasteiger partial charge in [0.15, 0.2) is 6.10 Å². The van der Waals surface area contributed by atoms with Crippen LogP contribution < -0.4 is 0 Å². The minimum absolute atomic E-state index is 0.0677. The minimum atomic E-state index is -0.558. The molecule has 0 rings (SSSR count). The van der Waals surface area contributed by atoms with Crippen molar-refractivity contribution in [1.29, 1.82) is 0 Å². The molecule has 0 aliphatic carbocycles. The first-order valence-corrected chi connectivity index (χ1v) is 27.1. The number of carbonyl (C=O) groups is 2. The van der Waals surface area contributed by atoms with Gasteiger partial charge in [0.25, 0.3) is 0 Å². The Kier molecular flexibility index (Phi) is 51.9. The van der Waals surface area contributed by atoms with E-state index in [-0.39, 0.29) is 25.2 Å². The highest BCUT2D eigenvalue weighted by molar-refractivity contribution is 5.70. The van der Waals surface area contributed by atoms with Crippen molar-refractivity contribution in [1.82, 2.24) is 0 Å². The normalized spacial score (nSPS) is 12.9. The lowest BCUT2D eigenvalue weighted by atomic mass is 10.1. The van der Waals surface area contributed by atoms with Crippen molar-refractivity contribution >= 4 is 11.9 Å². The summed E-state index contributed by atoms with van der Waals surface area (Å²) in [7, 11) is 0. The fraction of sp³-hybridized carbons (Fsp3) is 0.729. The summed E-state index contributed by atoms with van der Waals surface area (Å²) < 4.78 is 17.4. The van der Waals surface area contributed by atoms with Crippen molar-refractivity contribution < 1.29 is 23.8 Å². The molecule has 64 heavy (non-hydrogen) atoms. The second-order valence-corrected chi connectivity index (χ2v) is 17.7. The van der Waals surface area contributed by atoms with Crippen LogP contribution in [0.4, 0.5) is 0 Å². The molecule has 0 aromatic carbocycles. The Balaban J connectivity index is 4.33. The van der Waals surface area contributed by atoms with E-state index in [0.717, 1.165) is 103 Å². The molecule has 0 radical (unpaired) electrons. The van der Waals surface area contributed by atoms with Gasteiger partial charge in [-0.1, -0.05) is 215 Å². The lowest BCUT2D eigenvalue weighted by Gasteiger charge is -2.18. The Hall–Kier alpha value is -2.92. The molecule has 5 nitrogen and oxygen atoms in total. The van der Waals surface area contributed by atoms with Crippen LogP contribution in [0.25, 0.3) is 0 Å².